The number of hydrogen-bond donors (Lipinski definition) is 1. The summed E-state index contributed by atoms with van der Waals surface area (Å²) in [4.78, 5) is 25.7. The van der Waals surface area contributed by atoms with Gasteiger partial charge in [-0.05, 0) is 31.5 Å². The van der Waals surface area contributed by atoms with E-state index in [-0.39, 0.29) is 30.3 Å². The van der Waals surface area contributed by atoms with Crippen molar-refractivity contribution in [1.29, 1.82) is 0 Å². The number of rotatable bonds is 6. The van der Waals surface area contributed by atoms with Crippen molar-refractivity contribution in [3.63, 3.8) is 0 Å². The summed E-state index contributed by atoms with van der Waals surface area (Å²) in [6.45, 7) is 4.76. The number of halogens is 3. The van der Waals surface area contributed by atoms with E-state index in [0.29, 0.717) is 19.6 Å². The van der Waals surface area contributed by atoms with E-state index in [1.807, 2.05) is 13.8 Å². The van der Waals surface area contributed by atoms with Crippen LogP contribution in [0.4, 0.5) is 18.9 Å². The Balaban J connectivity index is 2.20. The lowest BCUT2D eigenvalue weighted by Crippen LogP contribution is -2.28. The van der Waals surface area contributed by atoms with Crippen molar-refractivity contribution in [1.82, 2.24) is 4.90 Å². The molecule has 1 aromatic rings. The molecule has 8 heteroatoms. The van der Waals surface area contributed by atoms with Gasteiger partial charge in [0.15, 0.2) is 0 Å². The van der Waals surface area contributed by atoms with Crippen LogP contribution in [0.2, 0.25) is 0 Å². The van der Waals surface area contributed by atoms with Gasteiger partial charge in [0.1, 0.15) is 5.75 Å². The SMILES string of the molecule is CCCOc1ccc(C(F)(F)F)cc1NC(=O)[C@H]1CC(=O)N(CC)C1. The Morgan fingerprint density at radius 1 is 1.36 bits per heavy atom. The highest BCUT2D eigenvalue weighted by molar-refractivity contribution is 5.98. The number of alkyl halides is 3. The predicted molar refractivity (Wildman–Crippen MR) is 86.2 cm³/mol. The maximum atomic E-state index is 12.9. The number of amides is 2. The third kappa shape index (κ3) is 4.64. The molecular weight excluding hydrogens is 337 g/mol. The van der Waals surface area contributed by atoms with Crippen LogP contribution in [0.5, 0.6) is 5.75 Å². The van der Waals surface area contributed by atoms with Gasteiger partial charge in [0.25, 0.3) is 0 Å². The van der Waals surface area contributed by atoms with Crippen molar-refractivity contribution in [2.75, 3.05) is 25.0 Å². The average molecular weight is 358 g/mol. The lowest BCUT2D eigenvalue weighted by atomic mass is 10.1. The van der Waals surface area contributed by atoms with E-state index in [1.165, 1.54) is 6.07 Å². The summed E-state index contributed by atoms with van der Waals surface area (Å²) < 4.78 is 44.2. The Morgan fingerprint density at radius 2 is 2.08 bits per heavy atom. The van der Waals surface area contributed by atoms with Gasteiger partial charge < -0.3 is 15.0 Å². The normalized spacial score (nSPS) is 17.7. The molecule has 1 atom stereocenters. The molecule has 2 amide bonds. The van der Waals surface area contributed by atoms with E-state index < -0.39 is 23.6 Å². The minimum absolute atomic E-state index is 0.0318. The number of anilines is 1. The van der Waals surface area contributed by atoms with E-state index >= 15 is 0 Å². The summed E-state index contributed by atoms with van der Waals surface area (Å²) in [6.07, 6.45) is -3.79. The zero-order valence-electron chi connectivity index (χ0n) is 14.2. The molecule has 0 aliphatic carbocycles. The smallest absolute Gasteiger partial charge is 0.416 e. The second-order valence-electron chi connectivity index (χ2n) is 5.88. The van der Waals surface area contributed by atoms with Gasteiger partial charge in [-0.1, -0.05) is 6.92 Å². The van der Waals surface area contributed by atoms with Crippen LogP contribution >= 0.6 is 0 Å². The lowest BCUT2D eigenvalue weighted by molar-refractivity contribution is -0.137. The monoisotopic (exact) mass is 358 g/mol. The number of benzene rings is 1. The van der Waals surface area contributed by atoms with Gasteiger partial charge in [-0.2, -0.15) is 13.2 Å². The molecule has 1 saturated heterocycles. The first-order valence-electron chi connectivity index (χ1n) is 8.19. The number of nitrogens with one attached hydrogen (secondary N) is 1. The van der Waals surface area contributed by atoms with Crippen LogP contribution < -0.4 is 10.1 Å². The maximum absolute atomic E-state index is 12.9. The summed E-state index contributed by atoms with van der Waals surface area (Å²) in [5.41, 5.74) is -0.903. The number of likely N-dealkylation sites (tertiary alicyclic amines) is 1. The van der Waals surface area contributed by atoms with E-state index in [4.69, 9.17) is 4.74 Å². The van der Waals surface area contributed by atoms with Gasteiger partial charge in [-0.3, -0.25) is 9.59 Å². The molecule has 1 aliphatic rings. The Bertz CT molecular complexity index is 647. The van der Waals surface area contributed by atoms with Crippen molar-refractivity contribution < 1.29 is 27.5 Å². The largest absolute Gasteiger partial charge is 0.491 e. The average Bonchev–Trinajstić information content (AvgIpc) is 2.93. The molecule has 0 saturated carbocycles. The van der Waals surface area contributed by atoms with Gasteiger partial charge in [0, 0.05) is 19.5 Å². The standard InChI is InChI=1S/C17H21F3N2O3/c1-3-7-25-14-6-5-12(17(18,19)20)9-13(14)21-16(24)11-8-15(23)22(4-2)10-11/h5-6,9,11H,3-4,7-8,10H2,1-2H3,(H,21,24)/t11-/m0/s1. The van der Waals surface area contributed by atoms with Crippen LogP contribution in [-0.4, -0.2) is 36.4 Å². The molecule has 1 aliphatic heterocycles. The molecule has 1 fully saturated rings. The van der Waals surface area contributed by atoms with E-state index in [9.17, 15) is 22.8 Å². The Labute approximate surface area is 144 Å². The van der Waals surface area contributed by atoms with Crippen LogP contribution in [0, 0.1) is 5.92 Å². The van der Waals surface area contributed by atoms with Crippen molar-refractivity contribution in [3.8, 4) is 5.75 Å². The molecule has 2 rings (SSSR count). The Kier molecular flexibility index (Phi) is 5.92. The first kappa shape index (κ1) is 19.1. The van der Waals surface area contributed by atoms with Crippen LogP contribution in [0.1, 0.15) is 32.3 Å². The van der Waals surface area contributed by atoms with Crippen molar-refractivity contribution in [2.24, 2.45) is 5.92 Å². The number of carbonyl (C=O) groups excluding carboxylic acids is 2. The maximum Gasteiger partial charge on any atom is 0.416 e. The summed E-state index contributed by atoms with van der Waals surface area (Å²) in [5.74, 6) is -1.01. The summed E-state index contributed by atoms with van der Waals surface area (Å²) in [7, 11) is 0. The van der Waals surface area contributed by atoms with E-state index in [2.05, 4.69) is 5.32 Å². The number of ether oxygens (including phenoxy) is 1. The third-order valence-electron chi connectivity index (χ3n) is 3.99. The third-order valence-corrected chi connectivity index (χ3v) is 3.99. The number of hydrogen-bond acceptors (Lipinski definition) is 3. The van der Waals surface area contributed by atoms with Crippen LogP contribution in [0.15, 0.2) is 18.2 Å². The topological polar surface area (TPSA) is 58.6 Å². The molecule has 0 unspecified atom stereocenters. The second kappa shape index (κ2) is 7.76. The van der Waals surface area contributed by atoms with Gasteiger partial charge in [0.2, 0.25) is 11.8 Å². The van der Waals surface area contributed by atoms with Crippen LogP contribution in [0.25, 0.3) is 0 Å². The highest BCUT2D eigenvalue weighted by Crippen LogP contribution is 2.35. The molecule has 138 valence electrons. The summed E-state index contributed by atoms with van der Waals surface area (Å²) in [5, 5.41) is 2.50. The number of carbonyl (C=O) groups is 2. The number of nitrogens with zero attached hydrogens (tertiary/aromatic N) is 1. The lowest BCUT2D eigenvalue weighted by Gasteiger charge is -2.17. The minimum Gasteiger partial charge on any atom is -0.491 e. The van der Waals surface area contributed by atoms with Crippen LogP contribution in [-0.2, 0) is 15.8 Å². The molecule has 0 radical (unpaired) electrons. The van der Waals surface area contributed by atoms with Crippen molar-refractivity contribution >= 4 is 17.5 Å². The van der Waals surface area contributed by atoms with Gasteiger partial charge >= 0.3 is 6.18 Å². The van der Waals surface area contributed by atoms with E-state index in [0.717, 1.165) is 12.1 Å². The zero-order valence-corrected chi connectivity index (χ0v) is 14.2. The Morgan fingerprint density at radius 3 is 2.64 bits per heavy atom. The molecule has 1 heterocycles. The minimum atomic E-state index is -4.52. The summed E-state index contributed by atoms with van der Waals surface area (Å²) in [6, 6.07) is 2.97. The molecule has 1 N–H and O–H groups in total. The van der Waals surface area contributed by atoms with Crippen LogP contribution in [0.3, 0.4) is 0 Å². The molecule has 0 spiro atoms. The molecular formula is C17H21F3N2O3. The summed E-state index contributed by atoms with van der Waals surface area (Å²) >= 11 is 0. The molecule has 0 bridgehead atoms. The molecule has 1 aromatic carbocycles. The van der Waals surface area contributed by atoms with Crippen molar-refractivity contribution in [3.05, 3.63) is 23.8 Å². The van der Waals surface area contributed by atoms with Gasteiger partial charge in [-0.15, -0.1) is 0 Å². The predicted octanol–water partition coefficient (Wildman–Crippen LogP) is 3.30. The van der Waals surface area contributed by atoms with E-state index in [1.54, 1.807) is 4.90 Å². The molecule has 25 heavy (non-hydrogen) atoms. The molecule has 5 nitrogen and oxygen atoms in total. The second-order valence-corrected chi connectivity index (χ2v) is 5.88. The first-order chi connectivity index (χ1) is 11.8. The Hall–Kier alpha value is -2.25. The fourth-order valence-corrected chi connectivity index (χ4v) is 2.63. The highest BCUT2D eigenvalue weighted by atomic mass is 19.4. The zero-order chi connectivity index (χ0) is 18.6. The van der Waals surface area contributed by atoms with Crippen molar-refractivity contribution in [2.45, 2.75) is 32.9 Å². The molecule has 0 aromatic heterocycles. The quantitative estimate of drug-likeness (QED) is 0.849. The highest BCUT2D eigenvalue weighted by Gasteiger charge is 2.35. The fraction of sp³-hybridized carbons (Fsp3) is 0.529. The van der Waals surface area contributed by atoms with Gasteiger partial charge in [-0.25, -0.2) is 0 Å². The van der Waals surface area contributed by atoms with Gasteiger partial charge in [0.05, 0.1) is 23.8 Å². The fourth-order valence-electron chi connectivity index (χ4n) is 2.63. The first-order valence-corrected chi connectivity index (χ1v) is 8.19.